The monoisotopic (exact) mass is 259 g/mol. The van der Waals surface area contributed by atoms with Crippen molar-refractivity contribution in [1.82, 2.24) is 4.90 Å². The maximum atomic E-state index is 12.2. The second kappa shape index (κ2) is 6.53. The van der Waals surface area contributed by atoms with Crippen molar-refractivity contribution in [3.05, 3.63) is 35.4 Å². The average molecular weight is 259 g/mol. The molecule has 0 aliphatic carbocycles. The fourth-order valence-corrected chi connectivity index (χ4v) is 2.24. The Hall–Kier alpha value is -1.61. The van der Waals surface area contributed by atoms with Crippen LogP contribution < -0.4 is 4.74 Å². The second-order valence-electron chi connectivity index (χ2n) is 4.70. The molecule has 1 aromatic carbocycles. The molecule has 0 N–H and O–H groups in total. The highest BCUT2D eigenvalue weighted by molar-refractivity contribution is 6.00. The van der Waals surface area contributed by atoms with E-state index in [1.165, 1.54) is 0 Å². The molecule has 0 saturated carbocycles. The predicted octanol–water partition coefficient (Wildman–Crippen LogP) is 2.76. The summed E-state index contributed by atoms with van der Waals surface area (Å²) in [6, 6.07) is 7.82. The van der Waals surface area contributed by atoms with Gasteiger partial charge in [0, 0.05) is 24.1 Å². The molecule has 19 heavy (non-hydrogen) atoms. The van der Waals surface area contributed by atoms with Crippen molar-refractivity contribution in [1.29, 1.82) is 0 Å². The topological polar surface area (TPSA) is 29.5 Å². The minimum Gasteiger partial charge on any atom is -0.488 e. The molecule has 1 aromatic rings. The van der Waals surface area contributed by atoms with Gasteiger partial charge in [-0.2, -0.15) is 0 Å². The van der Waals surface area contributed by atoms with Crippen molar-refractivity contribution in [2.45, 2.75) is 20.3 Å². The van der Waals surface area contributed by atoms with Crippen LogP contribution in [0, 0.1) is 0 Å². The molecule has 0 saturated heterocycles. The first kappa shape index (κ1) is 13.8. The fraction of sp³-hybridized carbons (Fsp3) is 0.438. The zero-order chi connectivity index (χ0) is 13.7. The molecule has 2 rings (SSSR count). The number of carbonyl (C=O) groups is 1. The molecule has 102 valence electrons. The molecule has 0 fully saturated rings. The zero-order valence-electron chi connectivity index (χ0n) is 11.7. The Balaban J connectivity index is 1.99. The van der Waals surface area contributed by atoms with Crippen LogP contribution in [0.1, 0.15) is 25.8 Å². The van der Waals surface area contributed by atoms with Gasteiger partial charge in [-0.15, -0.1) is 0 Å². The summed E-state index contributed by atoms with van der Waals surface area (Å²) in [5, 5.41) is 0. The lowest BCUT2D eigenvalue weighted by molar-refractivity contribution is -0.116. The molecule has 0 aromatic heterocycles. The summed E-state index contributed by atoms with van der Waals surface area (Å²) in [4.78, 5) is 14.4. The maximum Gasteiger partial charge on any atom is 0.163 e. The maximum absolute atomic E-state index is 12.2. The Kier molecular flexibility index (Phi) is 4.74. The molecule has 0 unspecified atom stereocenters. The van der Waals surface area contributed by atoms with Gasteiger partial charge < -0.3 is 9.64 Å². The number of hydrogen-bond donors (Lipinski definition) is 0. The van der Waals surface area contributed by atoms with Crippen LogP contribution in [0.4, 0.5) is 0 Å². The summed E-state index contributed by atoms with van der Waals surface area (Å²) >= 11 is 0. The third-order valence-corrected chi connectivity index (χ3v) is 3.54. The standard InChI is InChI=1S/C16H21NO2/c1-3-17(4-2)10-9-15(18)14-11-13-7-5-6-8-16(13)19-12-14/h5-8,11H,3-4,9-10,12H2,1-2H3. The summed E-state index contributed by atoms with van der Waals surface area (Å²) in [6.45, 7) is 7.43. The minimum atomic E-state index is 0.196. The number of para-hydroxylation sites is 1. The van der Waals surface area contributed by atoms with E-state index in [0.29, 0.717) is 13.0 Å². The van der Waals surface area contributed by atoms with E-state index < -0.39 is 0 Å². The summed E-state index contributed by atoms with van der Waals surface area (Å²) in [5.41, 5.74) is 1.78. The lowest BCUT2D eigenvalue weighted by Crippen LogP contribution is -2.27. The highest BCUT2D eigenvalue weighted by Gasteiger charge is 2.17. The Morgan fingerprint density at radius 3 is 2.74 bits per heavy atom. The number of nitrogens with zero attached hydrogens (tertiary/aromatic N) is 1. The van der Waals surface area contributed by atoms with Gasteiger partial charge in [-0.25, -0.2) is 0 Å². The van der Waals surface area contributed by atoms with Crippen molar-refractivity contribution >= 4 is 11.9 Å². The fourth-order valence-electron chi connectivity index (χ4n) is 2.24. The summed E-state index contributed by atoms with van der Waals surface area (Å²) in [6.07, 6.45) is 2.53. The van der Waals surface area contributed by atoms with Crippen molar-refractivity contribution in [3.63, 3.8) is 0 Å². The van der Waals surface area contributed by atoms with Crippen LogP contribution in [0.2, 0.25) is 0 Å². The number of Topliss-reactive ketones (excluding diaryl/α,β-unsaturated/α-hetero) is 1. The van der Waals surface area contributed by atoms with E-state index in [4.69, 9.17) is 4.74 Å². The van der Waals surface area contributed by atoms with E-state index in [2.05, 4.69) is 18.7 Å². The van der Waals surface area contributed by atoms with Gasteiger partial charge in [0.2, 0.25) is 0 Å². The molecule has 1 heterocycles. The Morgan fingerprint density at radius 2 is 2.00 bits per heavy atom. The van der Waals surface area contributed by atoms with Gasteiger partial charge in [0.25, 0.3) is 0 Å². The van der Waals surface area contributed by atoms with Crippen LogP contribution in [0.15, 0.2) is 29.8 Å². The number of benzene rings is 1. The number of ketones is 1. The summed E-state index contributed by atoms with van der Waals surface area (Å²) in [5.74, 6) is 1.06. The van der Waals surface area contributed by atoms with E-state index >= 15 is 0 Å². The Bertz CT molecular complexity index is 475. The van der Waals surface area contributed by atoms with E-state index in [9.17, 15) is 4.79 Å². The van der Waals surface area contributed by atoms with Crippen LogP contribution >= 0.6 is 0 Å². The van der Waals surface area contributed by atoms with Gasteiger partial charge in [-0.1, -0.05) is 32.0 Å². The lowest BCUT2D eigenvalue weighted by Gasteiger charge is -2.20. The average Bonchev–Trinajstić information content (AvgIpc) is 2.47. The number of ether oxygens (including phenoxy) is 1. The first-order valence-electron chi connectivity index (χ1n) is 6.92. The largest absolute Gasteiger partial charge is 0.488 e. The van der Waals surface area contributed by atoms with E-state index in [1.807, 2.05) is 30.3 Å². The van der Waals surface area contributed by atoms with Gasteiger partial charge in [0.05, 0.1) is 0 Å². The van der Waals surface area contributed by atoms with Crippen LogP contribution in [0.3, 0.4) is 0 Å². The molecule has 1 aliphatic rings. The summed E-state index contributed by atoms with van der Waals surface area (Å²) in [7, 11) is 0. The van der Waals surface area contributed by atoms with Crippen molar-refractivity contribution in [3.8, 4) is 5.75 Å². The quantitative estimate of drug-likeness (QED) is 0.786. The molecule has 0 spiro atoms. The molecule has 0 bridgehead atoms. The predicted molar refractivity (Wildman–Crippen MR) is 77.3 cm³/mol. The van der Waals surface area contributed by atoms with Crippen LogP contribution in [-0.2, 0) is 4.79 Å². The molecule has 0 atom stereocenters. The van der Waals surface area contributed by atoms with E-state index in [-0.39, 0.29) is 5.78 Å². The van der Waals surface area contributed by atoms with Crippen LogP contribution in [0.5, 0.6) is 5.75 Å². The van der Waals surface area contributed by atoms with E-state index in [0.717, 1.165) is 36.5 Å². The van der Waals surface area contributed by atoms with Crippen LogP contribution in [0.25, 0.3) is 6.08 Å². The Labute approximate surface area is 114 Å². The third-order valence-electron chi connectivity index (χ3n) is 3.54. The van der Waals surface area contributed by atoms with Gasteiger partial charge in [-0.05, 0) is 25.2 Å². The van der Waals surface area contributed by atoms with Gasteiger partial charge in [0.1, 0.15) is 12.4 Å². The number of carbonyl (C=O) groups excluding carboxylic acids is 1. The number of rotatable bonds is 6. The highest BCUT2D eigenvalue weighted by Crippen LogP contribution is 2.26. The smallest absolute Gasteiger partial charge is 0.163 e. The Morgan fingerprint density at radius 1 is 1.26 bits per heavy atom. The first-order valence-corrected chi connectivity index (χ1v) is 6.92. The number of fused-ring (bicyclic) bond motifs is 1. The highest BCUT2D eigenvalue weighted by atomic mass is 16.5. The molecule has 0 radical (unpaired) electrons. The SMILES string of the molecule is CCN(CC)CCC(=O)C1=Cc2ccccc2OC1. The number of hydrogen-bond acceptors (Lipinski definition) is 3. The minimum absolute atomic E-state index is 0.196. The van der Waals surface area contributed by atoms with Gasteiger partial charge in [-0.3, -0.25) is 4.79 Å². The molecular formula is C16H21NO2. The summed E-state index contributed by atoms with van der Waals surface area (Å²) < 4.78 is 5.61. The van der Waals surface area contributed by atoms with Gasteiger partial charge in [0.15, 0.2) is 5.78 Å². The third kappa shape index (κ3) is 3.44. The van der Waals surface area contributed by atoms with Crippen molar-refractivity contribution in [2.75, 3.05) is 26.2 Å². The van der Waals surface area contributed by atoms with Gasteiger partial charge >= 0.3 is 0 Å². The van der Waals surface area contributed by atoms with Crippen molar-refractivity contribution < 1.29 is 9.53 Å². The first-order chi connectivity index (χ1) is 9.24. The molecule has 0 amide bonds. The van der Waals surface area contributed by atoms with Crippen molar-refractivity contribution in [2.24, 2.45) is 0 Å². The molecule has 1 aliphatic heterocycles. The normalized spacial score (nSPS) is 13.7. The molecule has 3 heteroatoms. The zero-order valence-corrected chi connectivity index (χ0v) is 11.7. The van der Waals surface area contributed by atoms with E-state index in [1.54, 1.807) is 0 Å². The van der Waals surface area contributed by atoms with Crippen LogP contribution in [-0.4, -0.2) is 36.9 Å². The lowest BCUT2D eigenvalue weighted by atomic mass is 10.0. The molecule has 3 nitrogen and oxygen atoms in total. The second-order valence-corrected chi connectivity index (χ2v) is 4.70. The molecular weight excluding hydrogens is 238 g/mol.